The molecule has 2 nitrogen and oxygen atoms in total. The van der Waals surface area contributed by atoms with Gasteiger partial charge in [0.15, 0.2) is 0 Å². The van der Waals surface area contributed by atoms with Crippen LogP contribution in [0, 0.1) is 11.8 Å². The molecule has 0 saturated heterocycles. The van der Waals surface area contributed by atoms with Gasteiger partial charge in [0.25, 0.3) is 0 Å². The third kappa shape index (κ3) is 18.5. The second-order valence-corrected chi connectivity index (χ2v) is 14.7. The fraction of sp³-hybridized carbons (Fsp3) is 0.667. The van der Waals surface area contributed by atoms with Crippen molar-refractivity contribution >= 4 is 22.8 Å². The Hall–Kier alpha value is -2.66. The van der Waals surface area contributed by atoms with E-state index in [-0.39, 0.29) is 0 Å². The van der Waals surface area contributed by atoms with Crippen molar-refractivity contribution in [3.8, 4) is 11.8 Å². The minimum atomic E-state index is 0.877. The number of benzene rings is 2. The average molecular weight is 681 g/mol. The zero-order chi connectivity index (χ0) is 36.1. The predicted octanol–water partition coefficient (Wildman–Crippen LogP) is 15.4. The standard InChI is InChI=1S/C48H76N2/c1-7-13-19-20-21-22-23-28-34-48(50-46-38-36-42(30-25-15-9-3)44(40-46)32-27-17-11-5)47(33-18-12-6)49-45-37-35-41(29-24-14-8-2)43(39-45)31-26-16-10-4/h35-40H,7-27,29-33H2,1-6H3. The Morgan fingerprint density at radius 2 is 0.860 bits per heavy atom. The summed E-state index contributed by atoms with van der Waals surface area (Å²) < 4.78 is 0. The molecular formula is C48H76N2. The van der Waals surface area contributed by atoms with Crippen LogP contribution in [0.3, 0.4) is 0 Å². The molecule has 0 saturated carbocycles. The number of aryl methyl sites for hydroxylation is 4. The molecule has 0 radical (unpaired) electrons. The Kier molecular flexibility index (Phi) is 25.2. The van der Waals surface area contributed by atoms with Gasteiger partial charge in [-0.2, -0.15) is 0 Å². The number of hydrogen-bond donors (Lipinski definition) is 0. The molecule has 2 heteroatoms. The van der Waals surface area contributed by atoms with E-state index in [1.807, 2.05) is 0 Å². The highest BCUT2D eigenvalue weighted by molar-refractivity contribution is 6.49. The van der Waals surface area contributed by atoms with Crippen molar-refractivity contribution in [2.75, 3.05) is 0 Å². The monoisotopic (exact) mass is 681 g/mol. The summed E-state index contributed by atoms with van der Waals surface area (Å²) in [6, 6.07) is 14.0. The van der Waals surface area contributed by atoms with Crippen LogP contribution in [0.15, 0.2) is 46.4 Å². The van der Waals surface area contributed by atoms with E-state index in [1.54, 1.807) is 0 Å². The number of rotatable bonds is 28. The summed E-state index contributed by atoms with van der Waals surface area (Å²) in [5.74, 6) is 7.16. The molecule has 278 valence electrons. The highest BCUT2D eigenvalue weighted by atomic mass is 14.8. The number of hydrogen-bond acceptors (Lipinski definition) is 2. The lowest BCUT2D eigenvalue weighted by atomic mass is 9.96. The largest absolute Gasteiger partial charge is 0.251 e. The Morgan fingerprint density at radius 1 is 0.440 bits per heavy atom. The first-order chi connectivity index (χ1) is 24.6. The predicted molar refractivity (Wildman–Crippen MR) is 225 cm³/mol. The summed E-state index contributed by atoms with van der Waals surface area (Å²) in [7, 11) is 0. The van der Waals surface area contributed by atoms with Crippen molar-refractivity contribution in [1.29, 1.82) is 0 Å². The molecule has 0 amide bonds. The van der Waals surface area contributed by atoms with E-state index in [9.17, 15) is 0 Å². The van der Waals surface area contributed by atoms with Crippen molar-refractivity contribution in [3.05, 3.63) is 58.7 Å². The molecule has 0 unspecified atom stereocenters. The van der Waals surface area contributed by atoms with Crippen LogP contribution in [0.4, 0.5) is 11.4 Å². The maximum atomic E-state index is 5.40. The topological polar surface area (TPSA) is 24.7 Å². The average Bonchev–Trinajstić information content (AvgIpc) is 3.12. The molecule has 0 bridgehead atoms. The fourth-order valence-electron chi connectivity index (χ4n) is 6.74. The maximum absolute atomic E-state index is 5.40. The molecule has 0 fully saturated rings. The highest BCUT2D eigenvalue weighted by Crippen LogP contribution is 2.26. The molecule has 0 N–H and O–H groups in total. The molecule has 0 aliphatic carbocycles. The lowest BCUT2D eigenvalue weighted by molar-refractivity contribution is 0.614. The Bertz CT molecular complexity index is 1290. The first-order valence-electron chi connectivity index (χ1n) is 21.5. The number of aliphatic imine (C=N–C) groups is 2. The van der Waals surface area contributed by atoms with E-state index in [4.69, 9.17) is 9.98 Å². The van der Waals surface area contributed by atoms with Crippen molar-refractivity contribution in [2.45, 2.75) is 208 Å². The molecule has 2 rings (SSSR count). The van der Waals surface area contributed by atoms with Gasteiger partial charge in [0.05, 0.1) is 17.1 Å². The minimum Gasteiger partial charge on any atom is -0.251 e. The van der Waals surface area contributed by atoms with Gasteiger partial charge in [-0.25, -0.2) is 4.99 Å². The lowest BCUT2D eigenvalue weighted by Gasteiger charge is -2.13. The maximum Gasteiger partial charge on any atom is 0.135 e. The van der Waals surface area contributed by atoms with Crippen LogP contribution >= 0.6 is 0 Å². The molecule has 0 aromatic heterocycles. The molecule has 2 aromatic rings. The number of nitrogens with zero attached hydrogens (tertiary/aromatic N) is 2. The highest BCUT2D eigenvalue weighted by Gasteiger charge is 2.12. The molecule has 0 aliphatic heterocycles. The summed E-state index contributed by atoms with van der Waals surface area (Å²) in [6.07, 6.45) is 31.6. The third-order valence-corrected chi connectivity index (χ3v) is 9.99. The molecule has 0 atom stereocenters. The molecule has 2 aromatic carbocycles. The van der Waals surface area contributed by atoms with Crippen molar-refractivity contribution in [3.63, 3.8) is 0 Å². The van der Waals surface area contributed by atoms with Crippen molar-refractivity contribution < 1.29 is 0 Å². The summed E-state index contributed by atoms with van der Waals surface area (Å²) in [6.45, 7) is 13.7. The van der Waals surface area contributed by atoms with Gasteiger partial charge in [0.1, 0.15) is 5.71 Å². The first kappa shape index (κ1) is 43.5. The smallest absolute Gasteiger partial charge is 0.135 e. The van der Waals surface area contributed by atoms with E-state index in [2.05, 4.69) is 89.8 Å². The summed E-state index contributed by atoms with van der Waals surface area (Å²) >= 11 is 0. The Balaban J connectivity index is 2.57. The van der Waals surface area contributed by atoms with Gasteiger partial charge in [0.2, 0.25) is 0 Å². The van der Waals surface area contributed by atoms with Crippen molar-refractivity contribution in [2.24, 2.45) is 9.98 Å². The van der Waals surface area contributed by atoms with E-state index >= 15 is 0 Å². The van der Waals surface area contributed by atoms with Gasteiger partial charge in [-0.3, -0.25) is 4.99 Å². The normalized spacial score (nSPS) is 12.0. The summed E-state index contributed by atoms with van der Waals surface area (Å²) in [5.41, 5.74) is 10.0. The first-order valence-corrected chi connectivity index (χ1v) is 21.5. The van der Waals surface area contributed by atoms with E-state index in [1.165, 1.54) is 151 Å². The summed E-state index contributed by atoms with van der Waals surface area (Å²) in [5, 5.41) is 0. The second kappa shape index (κ2) is 29.0. The van der Waals surface area contributed by atoms with Gasteiger partial charge >= 0.3 is 0 Å². The van der Waals surface area contributed by atoms with Crippen LogP contribution in [-0.2, 0) is 25.7 Å². The molecule has 0 spiro atoms. The quantitative estimate of drug-likeness (QED) is 0.0485. The van der Waals surface area contributed by atoms with Gasteiger partial charge in [0, 0.05) is 6.42 Å². The van der Waals surface area contributed by atoms with Gasteiger partial charge in [-0.05, 0) is 123 Å². The van der Waals surface area contributed by atoms with Crippen LogP contribution in [-0.4, -0.2) is 11.4 Å². The van der Waals surface area contributed by atoms with E-state index in [0.717, 1.165) is 61.3 Å². The molecule has 50 heavy (non-hydrogen) atoms. The van der Waals surface area contributed by atoms with Crippen LogP contribution in [0.1, 0.15) is 205 Å². The van der Waals surface area contributed by atoms with Crippen LogP contribution in [0.5, 0.6) is 0 Å². The lowest BCUT2D eigenvalue weighted by Crippen LogP contribution is -2.12. The molecular weight excluding hydrogens is 605 g/mol. The van der Waals surface area contributed by atoms with Crippen LogP contribution < -0.4 is 0 Å². The van der Waals surface area contributed by atoms with Crippen LogP contribution in [0.2, 0.25) is 0 Å². The van der Waals surface area contributed by atoms with Gasteiger partial charge < -0.3 is 0 Å². The number of unbranched alkanes of at least 4 members (excludes halogenated alkanes) is 15. The Labute approximate surface area is 310 Å². The second-order valence-electron chi connectivity index (χ2n) is 14.7. The SMILES string of the molecule is CCCCCCCCC#CC(=Nc1ccc(CCCCC)c(CCCCC)c1)C(CCCC)=Nc1ccc(CCCCC)c(CCCCC)c1. The zero-order valence-corrected chi connectivity index (χ0v) is 33.7. The van der Waals surface area contributed by atoms with Crippen LogP contribution in [0.25, 0.3) is 0 Å². The Morgan fingerprint density at radius 3 is 1.36 bits per heavy atom. The molecule has 0 aliphatic rings. The van der Waals surface area contributed by atoms with E-state index < -0.39 is 0 Å². The van der Waals surface area contributed by atoms with Crippen molar-refractivity contribution in [1.82, 2.24) is 0 Å². The molecule has 0 heterocycles. The van der Waals surface area contributed by atoms with Gasteiger partial charge in [-0.1, -0.05) is 149 Å². The third-order valence-electron chi connectivity index (χ3n) is 9.99. The zero-order valence-electron chi connectivity index (χ0n) is 33.7. The fourth-order valence-corrected chi connectivity index (χ4v) is 6.74. The summed E-state index contributed by atoms with van der Waals surface area (Å²) in [4.78, 5) is 10.8. The minimum absolute atomic E-state index is 0.877. The van der Waals surface area contributed by atoms with E-state index in [0.29, 0.717) is 0 Å². The van der Waals surface area contributed by atoms with Gasteiger partial charge in [-0.15, -0.1) is 0 Å².